The molecule has 0 fully saturated rings. The second-order valence-electron chi connectivity index (χ2n) is 4.05. The van der Waals surface area contributed by atoms with Crippen LogP contribution in [0.3, 0.4) is 0 Å². The van der Waals surface area contributed by atoms with E-state index in [0.29, 0.717) is 6.04 Å². The van der Waals surface area contributed by atoms with Crippen molar-refractivity contribution in [1.29, 1.82) is 0 Å². The van der Waals surface area contributed by atoms with Crippen LogP contribution in [0.4, 0.5) is 5.95 Å². The smallest absolute Gasteiger partial charge is 0.202 e. The van der Waals surface area contributed by atoms with Gasteiger partial charge >= 0.3 is 0 Å². The number of nitrogens with zero attached hydrogens (tertiary/aromatic N) is 2. The Kier molecular flexibility index (Phi) is 4.66. The largest absolute Gasteiger partial charge is 0.353 e. The van der Waals surface area contributed by atoms with E-state index in [2.05, 4.69) is 42.6 Å². The summed E-state index contributed by atoms with van der Waals surface area (Å²) < 4.78 is 2.14. The van der Waals surface area contributed by atoms with E-state index in [0.717, 1.165) is 18.4 Å². The fourth-order valence-corrected chi connectivity index (χ4v) is 2.02. The third kappa shape index (κ3) is 2.98. The normalized spacial score (nSPS) is 13.1. The molecule has 1 aromatic heterocycles. The Morgan fingerprint density at radius 2 is 2.00 bits per heavy atom. The van der Waals surface area contributed by atoms with Crippen molar-refractivity contribution in [3.63, 3.8) is 0 Å². The number of hydrogen-bond acceptors (Lipinski definition) is 2. The molecule has 0 aliphatic carbocycles. The molecule has 0 radical (unpaired) electrons. The molecule has 1 aromatic rings. The predicted molar refractivity (Wildman–Crippen MR) is 65.1 cm³/mol. The summed E-state index contributed by atoms with van der Waals surface area (Å²) in [5.41, 5.74) is 0. The maximum atomic E-state index is 4.33. The van der Waals surface area contributed by atoms with Gasteiger partial charge in [-0.3, -0.25) is 0 Å². The average molecular weight is 209 g/mol. The highest BCUT2D eigenvalue weighted by Gasteiger charge is 2.14. The van der Waals surface area contributed by atoms with Gasteiger partial charge in [0.1, 0.15) is 0 Å². The Balaban J connectivity index is 2.60. The summed E-state index contributed by atoms with van der Waals surface area (Å²) >= 11 is 0. The first kappa shape index (κ1) is 12.1. The molecule has 1 rings (SSSR count). The molecule has 3 nitrogen and oxygen atoms in total. The average Bonchev–Trinajstić information content (AvgIpc) is 2.67. The quantitative estimate of drug-likeness (QED) is 0.780. The number of rotatable bonds is 6. The lowest BCUT2D eigenvalue weighted by Crippen LogP contribution is -2.26. The lowest BCUT2D eigenvalue weighted by molar-refractivity contribution is 0.434. The van der Waals surface area contributed by atoms with E-state index in [-0.39, 0.29) is 0 Å². The minimum absolute atomic E-state index is 0.493. The van der Waals surface area contributed by atoms with Gasteiger partial charge in [-0.15, -0.1) is 0 Å². The highest BCUT2D eigenvalue weighted by molar-refractivity contribution is 5.27. The second-order valence-corrected chi connectivity index (χ2v) is 4.05. The minimum Gasteiger partial charge on any atom is -0.353 e. The fraction of sp³-hybridized carbons (Fsp3) is 0.750. The first-order valence-corrected chi connectivity index (χ1v) is 6.00. The van der Waals surface area contributed by atoms with Crippen molar-refractivity contribution < 1.29 is 0 Å². The number of imidazole rings is 1. The first-order valence-electron chi connectivity index (χ1n) is 6.00. The number of anilines is 1. The Morgan fingerprint density at radius 1 is 1.33 bits per heavy atom. The number of nitrogens with one attached hydrogen (secondary N) is 1. The van der Waals surface area contributed by atoms with Gasteiger partial charge in [0, 0.05) is 25.0 Å². The highest BCUT2D eigenvalue weighted by Crippen LogP contribution is 2.16. The second kappa shape index (κ2) is 5.79. The molecule has 1 N–H and O–H groups in total. The van der Waals surface area contributed by atoms with E-state index in [1.807, 2.05) is 12.4 Å². The molecule has 0 aromatic carbocycles. The van der Waals surface area contributed by atoms with Crippen molar-refractivity contribution in [3.8, 4) is 0 Å². The maximum Gasteiger partial charge on any atom is 0.202 e. The lowest BCUT2D eigenvalue weighted by Gasteiger charge is -2.23. The molecule has 0 saturated heterocycles. The van der Waals surface area contributed by atoms with Crippen LogP contribution in [0.1, 0.15) is 40.5 Å². The van der Waals surface area contributed by atoms with Crippen molar-refractivity contribution in [2.24, 2.45) is 5.92 Å². The first-order chi connectivity index (χ1) is 7.22. The Bertz CT molecular complexity index is 276. The van der Waals surface area contributed by atoms with Gasteiger partial charge in [0.2, 0.25) is 5.95 Å². The minimum atomic E-state index is 0.493. The Labute approximate surface area is 92.9 Å². The Hall–Kier alpha value is -0.990. The van der Waals surface area contributed by atoms with Crippen LogP contribution in [0.2, 0.25) is 0 Å². The van der Waals surface area contributed by atoms with E-state index in [1.165, 1.54) is 12.8 Å². The van der Waals surface area contributed by atoms with Crippen molar-refractivity contribution in [2.75, 3.05) is 5.32 Å². The van der Waals surface area contributed by atoms with Crippen molar-refractivity contribution in [2.45, 2.75) is 53.1 Å². The van der Waals surface area contributed by atoms with E-state index >= 15 is 0 Å². The highest BCUT2D eigenvalue weighted by atomic mass is 15.2. The SMILES string of the molecule is CCC(CC)C(C)Nc1nccn1CC. The molecule has 0 saturated carbocycles. The maximum absolute atomic E-state index is 4.33. The van der Waals surface area contributed by atoms with Crippen LogP contribution in [0, 0.1) is 5.92 Å². The van der Waals surface area contributed by atoms with Crippen LogP contribution < -0.4 is 5.32 Å². The van der Waals surface area contributed by atoms with Gasteiger partial charge in [-0.25, -0.2) is 4.98 Å². The van der Waals surface area contributed by atoms with Gasteiger partial charge in [-0.2, -0.15) is 0 Å². The number of aromatic nitrogens is 2. The number of aryl methyl sites for hydroxylation is 1. The summed E-state index contributed by atoms with van der Waals surface area (Å²) in [5, 5.41) is 3.50. The third-order valence-electron chi connectivity index (χ3n) is 3.17. The van der Waals surface area contributed by atoms with E-state index in [9.17, 15) is 0 Å². The third-order valence-corrected chi connectivity index (χ3v) is 3.17. The van der Waals surface area contributed by atoms with E-state index < -0.39 is 0 Å². The zero-order valence-electron chi connectivity index (χ0n) is 10.3. The van der Waals surface area contributed by atoms with Gasteiger partial charge in [0.15, 0.2) is 0 Å². The number of hydrogen-bond donors (Lipinski definition) is 1. The van der Waals surface area contributed by atoms with Crippen molar-refractivity contribution >= 4 is 5.95 Å². The summed E-state index contributed by atoms with van der Waals surface area (Å²) in [6.45, 7) is 9.84. The van der Waals surface area contributed by atoms with Gasteiger partial charge in [0.05, 0.1) is 0 Å². The van der Waals surface area contributed by atoms with Crippen LogP contribution in [0.25, 0.3) is 0 Å². The molecule has 0 bridgehead atoms. The summed E-state index contributed by atoms with van der Waals surface area (Å²) in [4.78, 5) is 4.33. The van der Waals surface area contributed by atoms with Crippen molar-refractivity contribution in [1.82, 2.24) is 9.55 Å². The van der Waals surface area contributed by atoms with Gasteiger partial charge in [-0.1, -0.05) is 26.7 Å². The molecule has 0 spiro atoms. The molecular weight excluding hydrogens is 186 g/mol. The van der Waals surface area contributed by atoms with Crippen LogP contribution in [-0.2, 0) is 6.54 Å². The lowest BCUT2D eigenvalue weighted by atomic mass is 9.96. The molecule has 1 unspecified atom stereocenters. The molecule has 15 heavy (non-hydrogen) atoms. The van der Waals surface area contributed by atoms with E-state index in [1.54, 1.807) is 0 Å². The zero-order valence-corrected chi connectivity index (χ0v) is 10.3. The summed E-state index contributed by atoms with van der Waals surface area (Å²) in [7, 11) is 0. The standard InChI is InChI=1S/C12H23N3/c1-5-11(6-2)10(4)14-12-13-8-9-15(12)7-3/h8-11H,5-7H2,1-4H3,(H,13,14). The molecule has 1 heterocycles. The molecule has 0 amide bonds. The summed E-state index contributed by atoms with van der Waals surface area (Å²) in [6.07, 6.45) is 6.31. The van der Waals surface area contributed by atoms with Crippen LogP contribution in [0.15, 0.2) is 12.4 Å². The molecule has 3 heteroatoms. The van der Waals surface area contributed by atoms with Crippen molar-refractivity contribution in [3.05, 3.63) is 12.4 Å². The van der Waals surface area contributed by atoms with Gasteiger partial charge in [-0.05, 0) is 19.8 Å². The molecule has 0 aliphatic heterocycles. The van der Waals surface area contributed by atoms with Crippen LogP contribution in [-0.4, -0.2) is 15.6 Å². The van der Waals surface area contributed by atoms with Gasteiger partial charge < -0.3 is 9.88 Å². The predicted octanol–water partition coefficient (Wildman–Crippen LogP) is 3.14. The van der Waals surface area contributed by atoms with Gasteiger partial charge in [0.25, 0.3) is 0 Å². The Morgan fingerprint density at radius 3 is 2.53 bits per heavy atom. The molecule has 1 atom stereocenters. The monoisotopic (exact) mass is 209 g/mol. The summed E-state index contributed by atoms with van der Waals surface area (Å²) in [6, 6.07) is 0.493. The summed E-state index contributed by atoms with van der Waals surface area (Å²) in [5.74, 6) is 1.73. The fourth-order valence-electron chi connectivity index (χ4n) is 2.02. The zero-order chi connectivity index (χ0) is 11.3. The van der Waals surface area contributed by atoms with Crippen LogP contribution in [0.5, 0.6) is 0 Å². The van der Waals surface area contributed by atoms with Crippen LogP contribution >= 0.6 is 0 Å². The van der Waals surface area contributed by atoms with E-state index in [4.69, 9.17) is 0 Å². The molecule has 86 valence electrons. The molecular formula is C12H23N3. The topological polar surface area (TPSA) is 29.9 Å². The molecule has 0 aliphatic rings.